The van der Waals surface area contributed by atoms with Gasteiger partial charge in [0.05, 0.1) is 5.88 Å². The van der Waals surface area contributed by atoms with Crippen LogP contribution in [0, 0.1) is 0 Å². The van der Waals surface area contributed by atoms with Gasteiger partial charge in [-0.05, 0) is 36.4 Å². The Labute approximate surface area is 117 Å². The van der Waals surface area contributed by atoms with Crippen LogP contribution < -0.4 is 10.2 Å². The van der Waals surface area contributed by atoms with Crippen LogP contribution in [-0.4, -0.2) is 20.0 Å². The van der Waals surface area contributed by atoms with Crippen LogP contribution in [0.2, 0.25) is 0 Å². The summed E-state index contributed by atoms with van der Waals surface area (Å²) in [6.45, 7) is 0. The fourth-order valence-electron chi connectivity index (χ4n) is 1.61. The maximum absolute atomic E-state index is 11.9. The number of furan rings is 1. The Balaban J connectivity index is 2.06. The predicted octanol–water partition coefficient (Wildman–Crippen LogP) is 3.34. The Hall–Kier alpha value is -1.94. The molecule has 0 bridgehead atoms. The van der Waals surface area contributed by atoms with Crippen LogP contribution in [0.1, 0.15) is 16.3 Å². The van der Waals surface area contributed by atoms with Crippen LogP contribution in [-0.2, 0) is 5.88 Å². The van der Waals surface area contributed by atoms with Gasteiger partial charge in [0.15, 0.2) is 5.76 Å². The van der Waals surface area contributed by atoms with E-state index in [1.807, 2.05) is 43.3 Å². The molecule has 1 heterocycles. The molecule has 1 N–H and O–H groups in total. The molecular formula is C14H15ClN2O2. The third kappa shape index (κ3) is 3.29. The van der Waals surface area contributed by atoms with Crippen molar-refractivity contribution < 1.29 is 9.21 Å². The molecule has 1 aromatic carbocycles. The van der Waals surface area contributed by atoms with Gasteiger partial charge in [-0.1, -0.05) is 0 Å². The van der Waals surface area contributed by atoms with Crippen LogP contribution in [0.3, 0.4) is 0 Å². The van der Waals surface area contributed by atoms with Crippen LogP contribution in [0.5, 0.6) is 0 Å². The van der Waals surface area contributed by atoms with E-state index in [4.69, 9.17) is 16.0 Å². The Morgan fingerprint density at radius 2 is 1.89 bits per heavy atom. The summed E-state index contributed by atoms with van der Waals surface area (Å²) in [4.78, 5) is 13.9. The quantitative estimate of drug-likeness (QED) is 0.873. The van der Waals surface area contributed by atoms with Crippen molar-refractivity contribution in [1.29, 1.82) is 0 Å². The number of hydrogen-bond acceptors (Lipinski definition) is 3. The Kier molecular flexibility index (Phi) is 4.12. The second kappa shape index (κ2) is 5.80. The molecule has 0 saturated heterocycles. The van der Waals surface area contributed by atoms with Crippen molar-refractivity contribution in [3.8, 4) is 0 Å². The second-order valence-corrected chi connectivity index (χ2v) is 4.56. The Bertz CT molecular complexity index is 561. The third-order valence-corrected chi connectivity index (χ3v) is 2.92. The van der Waals surface area contributed by atoms with Gasteiger partial charge >= 0.3 is 0 Å². The first-order valence-corrected chi connectivity index (χ1v) is 6.37. The standard InChI is InChI=1S/C14H15ClN2O2/c1-17(2)11-5-3-10(4-6-11)16-14(18)13-8-7-12(9-15)19-13/h3-8H,9H2,1-2H3,(H,16,18). The molecule has 4 nitrogen and oxygen atoms in total. The summed E-state index contributed by atoms with van der Waals surface area (Å²) in [5, 5.41) is 2.77. The van der Waals surface area contributed by atoms with Gasteiger partial charge < -0.3 is 14.6 Å². The molecule has 0 unspecified atom stereocenters. The van der Waals surface area contributed by atoms with E-state index in [1.54, 1.807) is 12.1 Å². The Morgan fingerprint density at radius 1 is 1.21 bits per heavy atom. The average molecular weight is 279 g/mol. The van der Waals surface area contributed by atoms with Crippen molar-refractivity contribution in [2.45, 2.75) is 5.88 Å². The minimum atomic E-state index is -0.283. The minimum absolute atomic E-state index is 0.255. The molecule has 1 amide bonds. The minimum Gasteiger partial charge on any atom is -0.455 e. The molecule has 0 aliphatic carbocycles. The van der Waals surface area contributed by atoms with E-state index in [1.165, 1.54) is 0 Å². The Morgan fingerprint density at radius 3 is 2.42 bits per heavy atom. The van der Waals surface area contributed by atoms with Gasteiger partial charge in [0.1, 0.15) is 5.76 Å². The zero-order valence-electron chi connectivity index (χ0n) is 10.8. The molecule has 0 saturated carbocycles. The van der Waals surface area contributed by atoms with Crippen molar-refractivity contribution in [2.75, 3.05) is 24.3 Å². The molecule has 2 aromatic rings. The van der Waals surface area contributed by atoms with E-state index < -0.39 is 0 Å². The lowest BCUT2D eigenvalue weighted by molar-refractivity contribution is 0.0995. The number of alkyl halides is 1. The maximum Gasteiger partial charge on any atom is 0.291 e. The van der Waals surface area contributed by atoms with Crippen molar-refractivity contribution in [3.63, 3.8) is 0 Å². The predicted molar refractivity (Wildman–Crippen MR) is 77.0 cm³/mol. The summed E-state index contributed by atoms with van der Waals surface area (Å²) in [6.07, 6.45) is 0. The molecule has 19 heavy (non-hydrogen) atoms. The highest BCUT2D eigenvalue weighted by Gasteiger charge is 2.11. The van der Waals surface area contributed by atoms with Crippen LogP contribution in [0.15, 0.2) is 40.8 Å². The lowest BCUT2D eigenvalue weighted by Crippen LogP contribution is -2.12. The smallest absolute Gasteiger partial charge is 0.291 e. The SMILES string of the molecule is CN(C)c1ccc(NC(=O)c2ccc(CCl)o2)cc1. The van der Waals surface area contributed by atoms with Gasteiger partial charge in [-0.25, -0.2) is 0 Å². The normalized spacial score (nSPS) is 10.3. The molecule has 0 fully saturated rings. The number of amides is 1. The maximum atomic E-state index is 11.9. The summed E-state index contributed by atoms with van der Waals surface area (Å²) in [5.74, 6) is 0.807. The second-order valence-electron chi connectivity index (χ2n) is 4.30. The number of carbonyl (C=O) groups is 1. The van der Waals surface area contributed by atoms with Gasteiger partial charge in [-0.15, -0.1) is 11.6 Å². The molecule has 0 aliphatic rings. The van der Waals surface area contributed by atoms with Crippen molar-refractivity contribution in [3.05, 3.63) is 47.9 Å². The molecule has 0 radical (unpaired) electrons. The highest BCUT2D eigenvalue weighted by atomic mass is 35.5. The van der Waals surface area contributed by atoms with Gasteiger partial charge in [0.2, 0.25) is 0 Å². The van der Waals surface area contributed by atoms with Gasteiger partial charge in [-0.3, -0.25) is 4.79 Å². The fourth-order valence-corrected chi connectivity index (χ4v) is 1.75. The largest absolute Gasteiger partial charge is 0.455 e. The monoisotopic (exact) mass is 278 g/mol. The fraction of sp³-hybridized carbons (Fsp3) is 0.214. The van der Waals surface area contributed by atoms with Gasteiger partial charge in [0.25, 0.3) is 5.91 Å². The number of halogens is 1. The van der Waals surface area contributed by atoms with Gasteiger partial charge in [-0.2, -0.15) is 0 Å². The third-order valence-electron chi connectivity index (χ3n) is 2.66. The topological polar surface area (TPSA) is 45.5 Å². The van der Waals surface area contributed by atoms with Gasteiger partial charge in [0, 0.05) is 25.5 Å². The summed E-state index contributed by atoms with van der Waals surface area (Å²) in [5.41, 5.74) is 1.79. The number of nitrogens with one attached hydrogen (secondary N) is 1. The molecule has 100 valence electrons. The van der Waals surface area contributed by atoms with E-state index in [9.17, 15) is 4.79 Å². The molecule has 0 atom stereocenters. The number of hydrogen-bond donors (Lipinski definition) is 1. The number of nitrogens with zero attached hydrogens (tertiary/aromatic N) is 1. The van der Waals surface area contributed by atoms with E-state index in [0.29, 0.717) is 5.76 Å². The highest BCUT2D eigenvalue weighted by Crippen LogP contribution is 2.17. The van der Waals surface area contributed by atoms with Crippen LogP contribution in [0.4, 0.5) is 11.4 Å². The number of anilines is 2. The zero-order chi connectivity index (χ0) is 13.8. The van der Waals surface area contributed by atoms with Crippen molar-refractivity contribution in [1.82, 2.24) is 0 Å². The number of carbonyl (C=O) groups excluding carboxylic acids is 1. The van der Waals surface area contributed by atoms with E-state index in [2.05, 4.69) is 5.32 Å². The zero-order valence-corrected chi connectivity index (χ0v) is 11.6. The van der Waals surface area contributed by atoms with Crippen molar-refractivity contribution >= 4 is 28.9 Å². The van der Waals surface area contributed by atoms with Crippen LogP contribution >= 0.6 is 11.6 Å². The first-order chi connectivity index (χ1) is 9.10. The number of rotatable bonds is 4. The molecule has 1 aromatic heterocycles. The lowest BCUT2D eigenvalue weighted by Gasteiger charge is -2.12. The number of benzene rings is 1. The average Bonchev–Trinajstić information content (AvgIpc) is 2.88. The highest BCUT2D eigenvalue weighted by molar-refractivity contribution is 6.16. The summed E-state index contributed by atoms with van der Waals surface area (Å²) in [7, 11) is 3.92. The molecule has 5 heteroatoms. The molecular weight excluding hydrogens is 264 g/mol. The summed E-state index contributed by atoms with van der Waals surface area (Å²) < 4.78 is 5.28. The van der Waals surface area contributed by atoms with E-state index in [0.717, 1.165) is 11.4 Å². The van der Waals surface area contributed by atoms with E-state index >= 15 is 0 Å². The first-order valence-electron chi connectivity index (χ1n) is 5.83. The first kappa shape index (κ1) is 13.5. The molecule has 0 aliphatic heterocycles. The van der Waals surface area contributed by atoms with Crippen molar-refractivity contribution in [2.24, 2.45) is 0 Å². The summed E-state index contributed by atoms with van der Waals surface area (Å²) in [6, 6.07) is 10.9. The van der Waals surface area contributed by atoms with Crippen LogP contribution in [0.25, 0.3) is 0 Å². The summed E-state index contributed by atoms with van der Waals surface area (Å²) >= 11 is 5.62. The van der Waals surface area contributed by atoms with E-state index in [-0.39, 0.29) is 17.5 Å². The molecule has 0 spiro atoms. The molecule has 2 rings (SSSR count). The lowest BCUT2D eigenvalue weighted by atomic mass is 10.2.